The molecule has 17 heavy (non-hydrogen) atoms. The minimum atomic E-state index is -0.298. The highest BCUT2D eigenvalue weighted by Gasteiger charge is 2.41. The molecule has 3 rings (SSSR count). The Labute approximate surface area is 100 Å². The van der Waals surface area contributed by atoms with Crippen molar-refractivity contribution in [2.45, 2.75) is 38.7 Å². The quantitative estimate of drug-likeness (QED) is 0.733. The van der Waals surface area contributed by atoms with Crippen molar-refractivity contribution >= 4 is 5.97 Å². The summed E-state index contributed by atoms with van der Waals surface area (Å²) < 4.78 is 5.56. The van der Waals surface area contributed by atoms with Gasteiger partial charge in [0.05, 0.1) is 0 Å². The number of aryl methyl sites for hydroxylation is 1. The topological polar surface area (TPSA) is 52.1 Å². The minimum Gasteiger partial charge on any atom is -0.457 e. The Morgan fingerprint density at radius 2 is 2.29 bits per heavy atom. The van der Waals surface area contributed by atoms with E-state index in [9.17, 15) is 4.79 Å². The van der Waals surface area contributed by atoms with Gasteiger partial charge in [-0.15, -0.1) is 0 Å². The fraction of sp³-hybridized carbons (Fsp3) is 0.615. The summed E-state index contributed by atoms with van der Waals surface area (Å²) in [5.41, 5.74) is 0.375. The molecule has 0 aromatic carbocycles. The van der Waals surface area contributed by atoms with Crippen molar-refractivity contribution in [3.8, 4) is 0 Å². The first kappa shape index (κ1) is 10.7. The predicted molar refractivity (Wildman–Crippen MR) is 61.4 cm³/mol. The largest absolute Gasteiger partial charge is 0.457 e. The van der Waals surface area contributed by atoms with Gasteiger partial charge in [-0.05, 0) is 50.5 Å². The third-order valence-electron chi connectivity index (χ3n) is 3.92. The summed E-state index contributed by atoms with van der Waals surface area (Å²) in [6.07, 6.45) is 6.52. The molecule has 0 amide bonds. The van der Waals surface area contributed by atoms with Crippen LogP contribution in [0.2, 0.25) is 0 Å². The molecular weight excluding hydrogens is 216 g/mol. The van der Waals surface area contributed by atoms with Crippen molar-refractivity contribution in [1.82, 2.24) is 9.97 Å². The molecule has 0 saturated heterocycles. The van der Waals surface area contributed by atoms with Gasteiger partial charge >= 0.3 is 5.97 Å². The molecule has 2 bridgehead atoms. The van der Waals surface area contributed by atoms with E-state index in [1.807, 2.05) is 0 Å². The molecule has 2 saturated carbocycles. The van der Waals surface area contributed by atoms with Crippen LogP contribution in [0.1, 0.15) is 42.0 Å². The predicted octanol–water partition coefficient (Wildman–Crippen LogP) is 2.13. The highest BCUT2D eigenvalue weighted by atomic mass is 16.5. The van der Waals surface area contributed by atoms with Gasteiger partial charge in [0.1, 0.15) is 11.9 Å². The van der Waals surface area contributed by atoms with Crippen molar-refractivity contribution in [2.75, 3.05) is 0 Å². The normalized spacial score (nSPS) is 30.5. The fourth-order valence-corrected chi connectivity index (χ4v) is 3.10. The third-order valence-corrected chi connectivity index (χ3v) is 3.92. The molecule has 3 atom stereocenters. The molecule has 1 heterocycles. The summed E-state index contributed by atoms with van der Waals surface area (Å²) in [7, 11) is 0. The Hall–Kier alpha value is -1.45. The molecule has 90 valence electrons. The monoisotopic (exact) mass is 232 g/mol. The zero-order chi connectivity index (χ0) is 11.8. The van der Waals surface area contributed by atoms with Gasteiger partial charge in [0, 0.05) is 6.20 Å². The molecule has 0 N–H and O–H groups in total. The molecule has 4 heteroatoms. The zero-order valence-electron chi connectivity index (χ0n) is 9.93. The van der Waals surface area contributed by atoms with E-state index < -0.39 is 0 Å². The summed E-state index contributed by atoms with van der Waals surface area (Å²) in [4.78, 5) is 20.0. The van der Waals surface area contributed by atoms with Crippen molar-refractivity contribution in [3.63, 3.8) is 0 Å². The van der Waals surface area contributed by atoms with Gasteiger partial charge in [-0.1, -0.05) is 0 Å². The average molecular weight is 232 g/mol. The summed E-state index contributed by atoms with van der Waals surface area (Å²) in [6.45, 7) is 1.77. The van der Waals surface area contributed by atoms with E-state index in [4.69, 9.17) is 4.74 Å². The van der Waals surface area contributed by atoms with Crippen LogP contribution in [-0.2, 0) is 4.74 Å². The third kappa shape index (κ3) is 2.04. The number of hydrogen-bond acceptors (Lipinski definition) is 4. The van der Waals surface area contributed by atoms with Gasteiger partial charge in [0.2, 0.25) is 0 Å². The Bertz CT molecular complexity index is 447. The zero-order valence-corrected chi connectivity index (χ0v) is 9.93. The smallest absolute Gasteiger partial charge is 0.357 e. The van der Waals surface area contributed by atoms with Crippen LogP contribution in [-0.4, -0.2) is 22.0 Å². The highest BCUT2D eigenvalue weighted by molar-refractivity contribution is 5.87. The molecule has 3 unspecified atom stereocenters. The van der Waals surface area contributed by atoms with E-state index >= 15 is 0 Å². The Morgan fingerprint density at radius 3 is 2.94 bits per heavy atom. The van der Waals surface area contributed by atoms with Crippen LogP contribution in [0.15, 0.2) is 12.3 Å². The molecule has 4 nitrogen and oxygen atoms in total. The lowest BCUT2D eigenvalue weighted by Crippen LogP contribution is -2.24. The summed E-state index contributed by atoms with van der Waals surface area (Å²) in [6, 6.07) is 1.61. The molecule has 0 aliphatic heterocycles. The van der Waals surface area contributed by atoms with E-state index in [2.05, 4.69) is 9.97 Å². The fourth-order valence-electron chi connectivity index (χ4n) is 3.10. The molecule has 2 aliphatic rings. The molecule has 0 radical (unpaired) electrons. The second kappa shape index (κ2) is 4.09. The number of rotatable bonds is 2. The maximum absolute atomic E-state index is 11.9. The van der Waals surface area contributed by atoms with Crippen LogP contribution in [0, 0.1) is 18.8 Å². The van der Waals surface area contributed by atoms with Crippen LogP contribution >= 0.6 is 0 Å². The number of hydrogen-bond donors (Lipinski definition) is 0. The summed E-state index contributed by atoms with van der Waals surface area (Å²) in [5, 5.41) is 0. The Morgan fingerprint density at radius 1 is 1.41 bits per heavy atom. The van der Waals surface area contributed by atoms with Crippen LogP contribution in [0.4, 0.5) is 0 Å². The van der Waals surface area contributed by atoms with Crippen molar-refractivity contribution in [2.24, 2.45) is 11.8 Å². The maximum Gasteiger partial charge on any atom is 0.357 e. The van der Waals surface area contributed by atoms with E-state index in [-0.39, 0.29) is 12.1 Å². The van der Waals surface area contributed by atoms with Crippen LogP contribution in [0.5, 0.6) is 0 Å². The molecule has 1 aromatic rings. The number of aromatic nitrogens is 2. The first-order valence-electron chi connectivity index (χ1n) is 6.23. The van der Waals surface area contributed by atoms with Gasteiger partial charge in [0.15, 0.2) is 5.69 Å². The summed E-state index contributed by atoms with van der Waals surface area (Å²) in [5.74, 6) is 1.68. The first-order chi connectivity index (χ1) is 8.22. The summed E-state index contributed by atoms with van der Waals surface area (Å²) >= 11 is 0. The molecule has 2 fully saturated rings. The second-order valence-corrected chi connectivity index (χ2v) is 5.11. The second-order valence-electron chi connectivity index (χ2n) is 5.11. The number of carbonyl (C=O) groups is 1. The van der Waals surface area contributed by atoms with Gasteiger partial charge in [-0.3, -0.25) is 0 Å². The molecule has 0 spiro atoms. The van der Waals surface area contributed by atoms with Gasteiger partial charge in [-0.25, -0.2) is 14.8 Å². The van der Waals surface area contributed by atoms with E-state index in [0.717, 1.165) is 12.3 Å². The number of ether oxygens (including phenoxy) is 1. The van der Waals surface area contributed by atoms with E-state index in [1.165, 1.54) is 19.3 Å². The lowest BCUT2D eigenvalue weighted by Gasteiger charge is -2.21. The van der Waals surface area contributed by atoms with Gasteiger partial charge in [-0.2, -0.15) is 0 Å². The maximum atomic E-state index is 11.9. The number of fused-ring (bicyclic) bond motifs is 2. The van der Waals surface area contributed by atoms with Crippen molar-refractivity contribution in [1.29, 1.82) is 0 Å². The lowest BCUT2D eigenvalue weighted by molar-refractivity contribution is 0.0151. The standard InChI is InChI=1S/C13H16N2O2/c1-8-14-5-4-11(15-8)13(16)17-12-7-9-2-3-10(12)6-9/h4-5,9-10,12H,2-3,6-7H2,1H3. The van der Waals surface area contributed by atoms with Crippen LogP contribution in [0.25, 0.3) is 0 Å². The average Bonchev–Trinajstić information content (AvgIpc) is 2.91. The number of nitrogens with zero attached hydrogens (tertiary/aromatic N) is 2. The molecule has 1 aromatic heterocycles. The van der Waals surface area contributed by atoms with Gasteiger partial charge < -0.3 is 4.74 Å². The van der Waals surface area contributed by atoms with Crippen LogP contribution in [0.3, 0.4) is 0 Å². The van der Waals surface area contributed by atoms with E-state index in [1.54, 1.807) is 19.2 Å². The van der Waals surface area contributed by atoms with E-state index in [0.29, 0.717) is 17.4 Å². The Kier molecular flexibility index (Phi) is 2.57. The van der Waals surface area contributed by atoms with Crippen molar-refractivity contribution in [3.05, 3.63) is 23.8 Å². The number of esters is 1. The van der Waals surface area contributed by atoms with Crippen molar-refractivity contribution < 1.29 is 9.53 Å². The first-order valence-corrected chi connectivity index (χ1v) is 6.23. The molecule has 2 aliphatic carbocycles. The lowest BCUT2D eigenvalue weighted by atomic mass is 9.98. The van der Waals surface area contributed by atoms with Gasteiger partial charge in [0.25, 0.3) is 0 Å². The Balaban J connectivity index is 1.68. The van der Waals surface area contributed by atoms with Crippen LogP contribution < -0.4 is 0 Å². The SMILES string of the molecule is Cc1nccc(C(=O)OC2CC3CCC2C3)n1. The highest BCUT2D eigenvalue weighted by Crippen LogP contribution is 2.45. The molecular formula is C13H16N2O2. The number of carbonyl (C=O) groups excluding carboxylic acids is 1. The minimum absolute atomic E-state index is 0.122.